The summed E-state index contributed by atoms with van der Waals surface area (Å²) in [4.78, 5) is 35.9. The van der Waals surface area contributed by atoms with E-state index in [1.165, 1.54) is 6.26 Å². The number of rotatable bonds is 4. The second kappa shape index (κ2) is 6.71. The summed E-state index contributed by atoms with van der Waals surface area (Å²) < 4.78 is 5.04. The summed E-state index contributed by atoms with van der Waals surface area (Å²) in [5.41, 5.74) is 0. The molecule has 0 saturated carbocycles. The maximum atomic E-state index is 11.6. The van der Waals surface area contributed by atoms with Crippen LogP contribution in [0, 0.1) is 0 Å². The van der Waals surface area contributed by atoms with E-state index in [9.17, 15) is 14.4 Å². The molecule has 0 unspecified atom stereocenters. The lowest BCUT2D eigenvalue weighted by Gasteiger charge is -2.25. The molecular formula is C12H16N4O4. The number of carbonyl (C=O) groups excluding carboxylic acids is 3. The van der Waals surface area contributed by atoms with Crippen LogP contribution in [0.1, 0.15) is 5.76 Å². The summed E-state index contributed by atoms with van der Waals surface area (Å²) >= 11 is 0. The van der Waals surface area contributed by atoms with Gasteiger partial charge in [0, 0.05) is 13.1 Å². The molecule has 1 aliphatic heterocycles. The number of urea groups is 1. The lowest BCUT2D eigenvalue weighted by atomic mass is 10.3. The normalized spacial score (nSPS) is 15.5. The average molecular weight is 280 g/mol. The molecule has 0 spiro atoms. The minimum atomic E-state index is -0.590. The van der Waals surface area contributed by atoms with Gasteiger partial charge in [-0.25, -0.2) is 4.79 Å². The van der Waals surface area contributed by atoms with E-state index in [0.717, 1.165) is 0 Å². The van der Waals surface area contributed by atoms with E-state index in [2.05, 4.69) is 16.0 Å². The first-order valence-electron chi connectivity index (χ1n) is 6.22. The van der Waals surface area contributed by atoms with Gasteiger partial charge in [-0.3, -0.25) is 19.8 Å². The summed E-state index contributed by atoms with van der Waals surface area (Å²) in [6, 6.07) is 2.84. The molecule has 1 aromatic rings. The predicted molar refractivity (Wildman–Crippen MR) is 68.5 cm³/mol. The summed E-state index contributed by atoms with van der Waals surface area (Å²) in [5, 5.41) is 7.36. The number of amides is 4. The highest BCUT2D eigenvalue weighted by Crippen LogP contribution is 1.98. The van der Waals surface area contributed by atoms with Crippen molar-refractivity contribution in [1.29, 1.82) is 0 Å². The standard InChI is InChI=1S/C12H16N4O4/c17-10-7-16(4-3-13-10)8-11(18)15-12(19)14-6-9-2-1-5-20-9/h1-2,5H,3-4,6-8H2,(H,13,17)(H2,14,15,18,19). The molecule has 1 aromatic heterocycles. The van der Waals surface area contributed by atoms with Crippen molar-refractivity contribution in [3.8, 4) is 0 Å². The molecule has 1 saturated heterocycles. The maximum absolute atomic E-state index is 11.6. The highest BCUT2D eigenvalue weighted by Gasteiger charge is 2.19. The minimum Gasteiger partial charge on any atom is -0.467 e. The van der Waals surface area contributed by atoms with Crippen LogP contribution in [-0.4, -0.2) is 48.9 Å². The molecule has 3 N–H and O–H groups in total. The molecular weight excluding hydrogens is 264 g/mol. The Labute approximate surface area is 115 Å². The molecule has 4 amide bonds. The SMILES string of the molecule is O=C1CN(CC(=O)NC(=O)NCc2ccco2)CCN1. The van der Waals surface area contributed by atoms with E-state index < -0.39 is 11.9 Å². The molecule has 8 nitrogen and oxygen atoms in total. The summed E-state index contributed by atoms with van der Waals surface area (Å²) in [5.74, 6) is 0.0308. The topological polar surface area (TPSA) is 104 Å². The van der Waals surface area contributed by atoms with Crippen LogP contribution in [0.3, 0.4) is 0 Å². The Balaban J connectivity index is 1.68. The smallest absolute Gasteiger partial charge is 0.321 e. The van der Waals surface area contributed by atoms with Crippen LogP contribution in [0.25, 0.3) is 0 Å². The summed E-state index contributed by atoms with van der Waals surface area (Å²) in [7, 11) is 0. The molecule has 20 heavy (non-hydrogen) atoms. The number of furan rings is 1. The van der Waals surface area contributed by atoms with Gasteiger partial charge in [0.1, 0.15) is 5.76 Å². The van der Waals surface area contributed by atoms with Crippen molar-refractivity contribution < 1.29 is 18.8 Å². The van der Waals surface area contributed by atoms with Gasteiger partial charge in [-0.1, -0.05) is 0 Å². The molecule has 1 fully saturated rings. The van der Waals surface area contributed by atoms with Crippen molar-refractivity contribution in [3.05, 3.63) is 24.2 Å². The van der Waals surface area contributed by atoms with Crippen LogP contribution < -0.4 is 16.0 Å². The number of nitrogens with zero attached hydrogens (tertiary/aromatic N) is 1. The van der Waals surface area contributed by atoms with Crippen LogP contribution in [0.5, 0.6) is 0 Å². The van der Waals surface area contributed by atoms with Crippen molar-refractivity contribution >= 4 is 17.8 Å². The number of hydrogen-bond acceptors (Lipinski definition) is 5. The fourth-order valence-electron chi connectivity index (χ4n) is 1.82. The zero-order valence-corrected chi connectivity index (χ0v) is 10.8. The quantitative estimate of drug-likeness (QED) is 0.659. The van der Waals surface area contributed by atoms with Gasteiger partial charge in [0.15, 0.2) is 0 Å². The van der Waals surface area contributed by atoms with Crippen molar-refractivity contribution in [1.82, 2.24) is 20.9 Å². The van der Waals surface area contributed by atoms with E-state index in [0.29, 0.717) is 18.8 Å². The highest BCUT2D eigenvalue weighted by atomic mass is 16.3. The Morgan fingerprint density at radius 3 is 3.00 bits per heavy atom. The van der Waals surface area contributed by atoms with Crippen molar-refractivity contribution in [2.75, 3.05) is 26.2 Å². The van der Waals surface area contributed by atoms with Gasteiger partial charge in [0.2, 0.25) is 11.8 Å². The van der Waals surface area contributed by atoms with Gasteiger partial charge in [-0.15, -0.1) is 0 Å². The third kappa shape index (κ3) is 4.39. The molecule has 0 bridgehead atoms. The van der Waals surface area contributed by atoms with Gasteiger partial charge in [0.05, 0.1) is 25.9 Å². The first-order chi connectivity index (χ1) is 9.63. The number of imide groups is 1. The first kappa shape index (κ1) is 14.1. The largest absolute Gasteiger partial charge is 0.467 e. The molecule has 0 atom stereocenters. The second-order valence-corrected chi connectivity index (χ2v) is 4.37. The molecule has 2 heterocycles. The zero-order valence-electron chi connectivity index (χ0n) is 10.8. The van der Waals surface area contributed by atoms with Crippen molar-refractivity contribution in [2.45, 2.75) is 6.54 Å². The fourth-order valence-corrected chi connectivity index (χ4v) is 1.82. The van der Waals surface area contributed by atoms with Gasteiger partial charge >= 0.3 is 6.03 Å². The number of nitrogens with one attached hydrogen (secondary N) is 3. The van der Waals surface area contributed by atoms with Crippen LogP contribution in [0.2, 0.25) is 0 Å². The summed E-state index contributed by atoms with van der Waals surface area (Å²) in [6.07, 6.45) is 1.50. The number of carbonyl (C=O) groups is 3. The fraction of sp³-hybridized carbons (Fsp3) is 0.417. The molecule has 8 heteroatoms. The van der Waals surface area contributed by atoms with Gasteiger partial charge in [0.25, 0.3) is 0 Å². The first-order valence-corrected chi connectivity index (χ1v) is 6.22. The Hall–Kier alpha value is -2.35. The van der Waals surface area contributed by atoms with E-state index in [1.54, 1.807) is 17.0 Å². The Morgan fingerprint density at radius 2 is 2.30 bits per heavy atom. The lowest BCUT2D eigenvalue weighted by Crippen LogP contribution is -2.51. The van der Waals surface area contributed by atoms with Gasteiger partial charge < -0.3 is 15.1 Å². The molecule has 1 aliphatic rings. The average Bonchev–Trinajstić information content (AvgIpc) is 2.89. The number of piperazine rings is 1. The van der Waals surface area contributed by atoms with E-state index in [-0.39, 0.29) is 25.5 Å². The Bertz CT molecular complexity index is 486. The lowest BCUT2D eigenvalue weighted by molar-refractivity contribution is -0.126. The van der Waals surface area contributed by atoms with Crippen LogP contribution in [-0.2, 0) is 16.1 Å². The van der Waals surface area contributed by atoms with Crippen LogP contribution in [0.4, 0.5) is 4.79 Å². The second-order valence-electron chi connectivity index (χ2n) is 4.37. The third-order valence-corrected chi connectivity index (χ3v) is 2.74. The minimum absolute atomic E-state index is 0.0155. The zero-order chi connectivity index (χ0) is 14.4. The summed E-state index contributed by atoms with van der Waals surface area (Å²) in [6.45, 7) is 1.49. The van der Waals surface area contributed by atoms with Crippen molar-refractivity contribution in [3.63, 3.8) is 0 Å². The van der Waals surface area contributed by atoms with Crippen LogP contribution >= 0.6 is 0 Å². The van der Waals surface area contributed by atoms with E-state index >= 15 is 0 Å². The Kier molecular flexibility index (Phi) is 4.72. The Morgan fingerprint density at radius 1 is 1.45 bits per heavy atom. The van der Waals surface area contributed by atoms with Crippen molar-refractivity contribution in [2.24, 2.45) is 0 Å². The molecule has 108 valence electrons. The molecule has 0 aromatic carbocycles. The maximum Gasteiger partial charge on any atom is 0.321 e. The van der Waals surface area contributed by atoms with Crippen LogP contribution in [0.15, 0.2) is 22.8 Å². The molecule has 2 rings (SSSR count). The molecule has 0 aliphatic carbocycles. The third-order valence-electron chi connectivity index (χ3n) is 2.74. The van der Waals surface area contributed by atoms with Gasteiger partial charge in [-0.05, 0) is 12.1 Å². The van der Waals surface area contributed by atoms with E-state index in [1.807, 2.05) is 0 Å². The number of hydrogen-bond donors (Lipinski definition) is 3. The van der Waals surface area contributed by atoms with E-state index in [4.69, 9.17) is 4.42 Å². The highest BCUT2D eigenvalue weighted by molar-refractivity contribution is 5.95. The van der Waals surface area contributed by atoms with Gasteiger partial charge in [-0.2, -0.15) is 0 Å². The molecule has 0 radical (unpaired) electrons. The predicted octanol–water partition coefficient (Wildman–Crippen LogP) is -0.963. The monoisotopic (exact) mass is 280 g/mol.